The van der Waals surface area contributed by atoms with Gasteiger partial charge in [-0.1, -0.05) is 25.8 Å². The van der Waals surface area contributed by atoms with Crippen molar-refractivity contribution in [2.45, 2.75) is 50.5 Å². The minimum Gasteiger partial charge on any atom is -0.497 e. The van der Waals surface area contributed by atoms with Crippen LogP contribution in [-0.2, 0) is 11.8 Å². The summed E-state index contributed by atoms with van der Waals surface area (Å²) in [5.74, 6) is 1.81. The highest BCUT2D eigenvalue weighted by atomic mass is 16.5. The first-order valence-corrected chi connectivity index (χ1v) is 7.90. The molecule has 0 saturated heterocycles. The number of likely N-dealkylation sites (N-methyl/N-ethyl adjacent to an activating group) is 1. The number of benzene rings is 1. The summed E-state index contributed by atoms with van der Waals surface area (Å²) in [7, 11) is 6.28. The molecule has 2 unspecified atom stereocenters. The molecule has 1 saturated carbocycles. The highest BCUT2D eigenvalue weighted by Crippen LogP contribution is 2.49. The lowest BCUT2D eigenvalue weighted by molar-refractivity contribution is 0.109. The molecule has 110 valence electrons. The molecule has 2 heteroatoms. The smallest absolute Gasteiger partial charge is 0.119 e. The molecular formula is C18H27NO. The highest BCUT2D eigenvalue weighted by molar-refractivity contribution is 5.44. The normalized spacial score (nSPS) is 32.6. The number of hydrogen-bond donors (Lipinski definition) is 0. The first-order chi connectivity index (χ1) is 9.56. The van der Waals surface area contributed by atoms with Crippen molar-refractivity contribution in [3.63, 3.8) is 0 Å². The van der Waals surface area contributed by atoms with E-state index in [1.54, 1.807) is 12.7 Å². The van der Waals surface area contributed by atoms with E-state index in [0.29, 0.717) is 6.04 Å². The summed E-state index contributed by atoms with van der Waals surface area (Å²) in [5, 5.41) is 0. The second kappa shape index (κ2) is 5.07. The second-order valence-corrected chi connectivity index (χ2v) is 7.06. The second-order valence-electron chi connectivity index (χ2n) is 7.06. The van der Waals surface area contributed by atoms with Crippen LogP contribution in [0.1, 0.15) is 43.7 Å². The number of methoxy groups -OCH3 is 1. The molecule has 0 amide bonds. The molecule has 0 radical (unpaired) electrons. The summed E-state index contributed by atoms with van der Waals surface area (Å²) >= 11 is 0. The van der Waals surface area contributed by atoms with Crippen LogP contribution in [0.2, 0.25) is 0 Å². The molecule has 0 spiro atoms. The maximum Gasteiger partial charge on any atom is 0.119 e. The van der Waals surface area contributed by atoms with Crippen LogP contribution in [0.15, 0.2) is 18.2 Å². The molecule has 0 aromatic heterocycles. The number of nitrogens with zero attached hydrogens (tertiary/aromatic N) is 1. The largest absolute Gasteiger partial charge is 0.497 e. The zero-order chi connectivity index (χ0) is 14.3. The predicted molar refractivity (Wildman–Crippen MR) is 83.5 cm³/mol. The Hall–Kier alpha value is -1.02. The van der Waals surface area contributed by atoms with E-state index < -0.39 is 0 Å². The summed E-state index contributed by atoms with van der Waals surface area (Å²) in [5.41, 5.74) is 3.36. The maximum atomic E-state index is 5.48. The molecular weight excluding hydrogens is 246 g/mol. The average Bonchev–Trinajstić information content (AvgIpc) is 2.55. The quantitative estimate of drug-likeness (QED) is 0.816. The molecule has 2 aliphatic rings. The topological polar surface area (TPSA) is 12.5 Å². The van der Waals surface area contributed by atoms with Crippen LogP contribution in [0, 0.1) is 5.92 Å². The Kier molecular flexibility index (Phi) is 3.53. The molecule has 0 heterocycles. The minimum absolute atomic E-state index is 0.271. The third kappa shape index (κ3) is 2.05. The highest BCUT2D eigenvalue weighted by Gasteiger charge is 2.47. The zero-order valence-corrected chi connectivity index (χ0v) is 13.3. The van der Waals surface area contributed by atoms with Crippen LogP contribution in [0.5, 0.6) is 5.75 Å². The van der Waals surface area contributed by atoms with E-state index in [2.05, 4.69) is 44.1 Å². The van der Waals surface area contributed by atoms with Crippen LogP contribution < -0.4 is 4.74 Å². The number of hydrogen-bond acceptors (Lipinski definition) is 2. The van der Waals surface area contributed by atoms with Crippen molar-refractivity contribution >= 4 is 0 Å². The van der Waals surface area contributed by atoms with Gasteiger partial charge in [0.15, 0.2) is 0 Å². The van der Waals surface area contributed by atoms with Gasteiger partial charge in [-0.15, -0.1) is 0 Å². The van der Waals surface area contributed by atoms with Gasteiger partial charge in [0.25, 0.3) is 0 Å². The van der Waals surface area contributed by atoms with Gasteiger partial charge < -0.3 is 9.64 Å². The summed E-state index contributed by atoms with van der Waals surface area (Å²) in [4.78, 5) is 2.47. The van der Waals surface area contributed by atoms with Gasteiger partial charge in [0.1, 0.15) is 5.75 Å². The molecule has 3 atom stereocenters. The molecule has 1 aromatic rings. The first-order valence-electron chi connectivity index (χ1n) is 7.90. The molecule has 1 aromatic carbocycles. The Balaban J connectivity index is 2.14. The fourth-order valence-corrected chi connectivity index (χ4v) is 4.90. The Labute approximate surface area is 123 Å². The van der Waals surface area contributed by atoms with Crippen LogP contribution in [0.3, 0.4) is 0 Å². The average molecular weight is 273 g/mol. The van der Waals surface area contributed by atoms with E-state index in [0.717, 1.165) is 11.7 Å². The van der Waals surface area contributed by atoms with Crippen molar-refractivity contribution in [2.75, 3.05) is 21.2 Å². The maximum absolute atomic E-state index is 5.48. The van der Waals surface area contributed by atoms with Crippen molar-refractivity contribution in [2.24, 2.45) is 5.92 Å². The monoisotopic (exact) mass is 273 g/mol. The van der Waals surface area contributed by atoms with Gasteiger partial charge in [0, 0.05) is 11.5 Å². The van der Waals surface area contributed by atoms with Crippen molar-refractivity contribution in [3.8, 4) is 5.75 Å². The Morgan fingerprint density at radius 2 is 2.05 bits per heavy atom. The fraction of sp³-hybridized carbons (Fsp3) is 0.667. The predicted octanol–water partition coefficient (Wildman–Crippen LogP) is 3.63. The van der Waals surface area contributed by atoms with Crippen LogP contribution in [-0.4, -0.2) is 32.1 Å². The van der Waals surface area contributed by atoms with E-state index in [9.17, 15) is 0 Å². The van der Waals surface area contributed by atoms with Gasteiger partial charge in [-0.25, -0.2) is 0 Å². The van der Waals surface area contributed by atoms with Crippen LogP contribution >= 0.6 is 0 Å². The van der Waals surface area contributed by atoms with Gasteiger partial charge >= 0.3 is 0 Å². The van der Waals surface area contributed by atoms with Crippen molar-refractivity contribution in [3.05, 3.63) is 29.3 Å². The van der Waals surface area contributed by atoms with Gasteiger partial charge in [-0.2, -0.15) is 0 Å². The Morgan fingerprint density at radius 3 is 2.75 bits per heavy atom. The standard InChI is InChI=1S/C18H27NO/c1-18-10-6-5-7-14(17(18)19(2)3)11-13-8-9-15(20-4)12-16(13)18/h8-9,12,14,17H,5-7,10-11H2,1-4H3/t14?,17?,18-/m1/s1. The van der Waals surface area contributed by atoms with Gasteiger partial charge in [-0.05, 0) is 62.5 Å². The summed E-state index contributed by atoms with van der Waals surface area (Å²) in [6.07, 6.45) is 6.65. The zero-order valence-electron chi connectivity index (χ0n) is 13.3. The van der Waals surface area contributed by atoms with Crippen molar-refractivity contribution in [1.29, 1.82) is 0 Å². The lowest BCUT2D eigenvalue weighted by atomic mass is 9.62. The SMILES string of the molecule is COc1ccc2c(c1)[C@@]1(C)CCCCC(C2)C1N(C)C. The third-order valence-corrected chi connectivity index (χ3v) is 5.59. The lowest BCUT2D eigenvalue weighted by Gasteiger charge is -2.49. The Morgan fingerprint density at radius 1 is 1.25 bits per heavy atom. The van der Waals surface area contributed by atoms with Gasteiger partial charge in [0.05, 0.1) is 7.11 Å². The van der Waals surface area contributed by atoms with E-state index in [4.69, 9.17) is 4.74 Å². The molecule has 2 aliphatic carbocycles. The Bertz CT molecular complexity index is 496. The van der Waals surface area contributed by atoms with E-state index in [1.165, 1.54) is 37.7 Å². The van der Waals surface area contributed by atoms with Crippen LogP contribution in [0.4, 0.5) is 0 Å². The van der Waals surface area contributed by atoms with E-state index in [1.807, 2.05) is 0 Å². The molecule has 0 aliphatic heterocycles. The summed E-state index contributed by atoms with van der Waals surface area (Å²) in [6.45, 7) is 2.48. The molecule has 1 fully saturated rings. The molecule has 0 N–H and O–H groups in total. The lowest BCUT2D eigenvalue weighted by Crippen LogP contribution is -2.53. The molecule has 2 bridgehead atoms. The molecule has 20 heavy (non-hydrogen) atoms. The van der Waals surface area contributed by atoms with Gasteiger partial charge in [-0.3, -0.25) is 0 Å². The van der Waals surface area contributed by atoms with Crippen molar-refractivity contribution in [1.82, 2.24) is 4.90 Å². The number of rotatable bonds is 2. The van der Waals surface area contributed by atoms with Crippen molar-refractivity contribution < 1.29 is 4.74 Å². The minimum atomic E-state index is 0.271. The van der Waals surface area contributed by atoms with Gasteiger partial charge in [0.2, 0.25) is 0 Å². The third-order valence-electron chi connectivity index (χ3n) is 5.59. The van der Waals surface area contributed by atoms with E-state index >= 15 is 0 Å². The van der Waals surface area contributed by atoms with E-state index in [-0.39, 0.29) is 5.41 Å². The molecule has 2 nitrogen and oxygen atoms in total. The summed E-state index contributed by atoms with van der Waals surface area (Å²) in [6, 6.07) is 7.39. The van der Waals surface area contributed by atoms with Crippen LogP contribution in [0.25, 0.3) is 0 Å². The number of fused-ring (bicyclic) bond motifs is 4. The number of ether oxygens (including phenoxy) is 1. The first kappa shape index (κ1) is 13.9. The molecule has 3 rings (SSSR count). The fourth-order valence-electron chi connectivity index (χ4n) is 4.90. The summed E-state index contributed by atoms with van der Waals surface area (Å²) < 4.78 is 5.48.